The van der Waals surface area contributed by atoms with Gasteiger partial charge in [0.2, 0.25) is 0 Å². The molecule has 0 saturated carbocycles. The van der Waals surface area contributed by atoms with Crippen LogP contribution in [0, 0.1) is 0 Å². The molecule has 24 heavy (non-hydrogen) atoms. The van der Waals surface area contributed by atoms with Crippen molar-refractivity contribution < 1.29 is 54.2 Å². The Morgan fingerprint density at radius 1 is 0.750 bits per heavy atom. The summed E-state index contributed by atoms with van der Waals surface area (Å²) < 4.78 is 87.1. The van der Waals surface area contributed by atoms with E-state index in [0.717, 1.165) is 0 Å². The van der Waals surface area contributed by atoms with Crippen molar-refractivity contribution in [3.05, 3.63) is 18.2 Å². The van der Waals surface area contributed by atoms with E-state index in [1.165, 1.54) is 18.2 Å². The molecule has 0 aliphatic rings. The minimum absolute atomic E-state index is 0.310. The number of hydrogen-bond acceptors (Lipinski definition) is 9. The SMILES string of the molecule is O=S(=O)(O)CC(CS(=O)(=O)O)S(=O)(=O)O.Oc1cccc(O)c1O. The van der Waals surface area contributed by atoms with Gasteiger partial charge in [-0.3, -0.25) is 13.7 Å². The van der Waals surface area contributed by atoms with Crippen molar-refractivity contribution in [3.8, 4) is 17.2 Å². The number of rotatable bonds is 5. The Labute approximate surface area is 137 Å². The molecule has 1 rings (SSSR count). The van der Waals surface area contributed by atoms with Crippen molar-refractivity contribution >= 4 is 30.4 Å². The molecule has 0 radical (unpaired) electrons. The molecular weight excluding hydrogens is 396 g/mol. The van der Waals surface area contributed by atoms with Gasteiger partial charge < -0.3 is 15.3 Å². The van der Waals surface area contributed by atoms with E-state index < -0.39 is 52.9 Å². The Bertz CT molecular complexity index is 814. The molecule has 1 aromatic rings. The first-order chi connectivity index (χ1) is 10.5. The first kappa shape index (κ1) is 22.4. The normalized spacial score (nSPS) is 12.5. The number of benzene rings is 1. The smallest absolute Gasteiger partial charge is 0.269 e. The summed E-state index contributed by atoms with van der Waals surface area (Å²) in [6, 6.07) is 4.01. The van der Waals surface area contributed by atoms with E-state index in [0.29, 0.717) is 0 Å². The molecule has 0 spiro atoms. The Morgan fingerprint density at radius 3 is 1.29 bits per heavy atom. The van der Waals surface area contributed by atoms with Crippen LogP contribution in [0.2, 0.25) is 0 Å². The Morgan fingerprint density at radius 2 is 1.08 bits per heavy atom. The summed E-state index contributed by atoms with van der Waals surface area (Å²) in [5, 5.41) is 23.8. The van der Waals surface area contributed by atoms with Crippen molar-refractivity contribution in [2.45, 2.75) is 5.25 Å². The second-order valence-electron chi connectivity index (χ2n) is 4.28. The molecule has 0 bridgehead atoms. The molecule has 0 fully saturated rings. The molecule has 0 heterocycles. The van der Waals surface area contributed by atoms with Crippen molar-refractivity contribution in [3.63, 3.8) is 0 Å². The van der Waals surface area contributed by atoms with Crippen LogP contribution in [0.15, 0.2) is 18.2 Å². The first-order valence-electron chi connectivity index (χ1n) is 5.59. The van der Waals surface area contributed by atoms with Crippen LogP contribution < -0.4 is 0 Å². The summed E-state index contributed by atoms with van der Waals surface area (Å²) in [5.74, 6) is -4.14. The molecule has 12 nitrogen and oxygen atoms in total. The van der Waals surface area contributed by atoms with Crippen LogP contribution in [0.4, 0.5) is 0 Å². The van der Waals surface area contributed by atoms with Crippen LogP contribution in [-0.2, 0) is 30.4 Å². The number of phenols is 3. The van der Waals surface area contributed by atoms with Crippen molar-refractivity contribution in [1.29, 1.82) is 0 Å². The molecule has 0 atom stereocenters. The van der Waals surface area contributed by atoms with Gasteiger partial charge in [-0.05, 0) is 12.1 Å². The summed E-state index contributed by atoms with van der Waals surface area (Å²) in [5.41, 5.74) is 0. The van der Waals surface area contributed by atoms with E-state index in [-0.39, 0.29) is 11.5 Å². The van der Waals surface area contributed by atoms with Gasteiger partial charge in [0.25, 0.3) is 30.4 Å². The summed E-state index contributed by atoms with van der Waals surface area (Å²) in [7, 11) is -14.6. The van der Waals surface area contributed by atoms with Gasteiger partial charge in [0, 0.05) is 0 Å². The zero-order chi connectivity index (χ0) is 19.3. The Hall–Kier alpha value is -1.65. The van der Waals surface area contributed by atoms with E-state index in [2.05, 4.69) is 0 Å². The van der Waals surface area contributed by atoms with E-state index in [4.69, 9.17) is 29.0 Å². The molecule has 0 unspecified atom stereocenters. The molecule has 1 aromatic carbocycles. The van der Waals surface area contributed by atoms with E-state index in [9.17, 15) is 25.3 Å². The summed E-state index contributed by atoms with van der Waals surface area (Å²) in [4.78, 5) is 0. The van der Waals surface area contributed by atoms with Crippen LogP contribution in [0.3, 0.4) is 0 Å². The number of aromatic hydroxyl groups is 3. The van der Waals surface area contributed by atoms with Crippen molar-refractivity contribution in [2.75, 3.05) is 11.5 Å². The second kappa shape index (κ2) is 7.95. The van der Waals surface area contributed by atoms with Crippen LogP contribution in [-0.4, -0.2) is 71.0 Å². The van der Waals surface area contributed by atoms with Gasteiger partial charge in [0.15, 0.2) is 17.2 Å². The highest BCUT2D eigenvalue weighted by atomic mass is 32.2. The minimum Gasteiger partial charge on any atom is -0.504 e. The summed E-state index contributed by atoms with van der Waals surface area (Å²) in [6.45, 7) is 0. The zero-order valence-electron chi connectivity index (χ0n) is 11.6. The lowest BCUT2D eigenvalue weighted by Gasteiger charge is -2.09. The van der Waals surface area contributed by atoms with Gasteiger partial charge in [0.1, 0.15) is 5.25 Å². The second-order valence-corrected chi connectivity index (χ2v) is 8.97. The maximum absolute atomic E-state index is 10.5. The standard InChI is InChI=1S/C6H6O3.C3H8O9S3/c7-4-2-1-3-5(8)6(4)9;4-13(5,6)1-3(15(10,11)12)2-14(7,8)9/h1-3,7-9H;3H,1-2H2,(H,4,5,6)(H,7,8,9)(H,10,11,12). The Kier molecular flexibility index (Phi) is 7.40. The fourth-order valence-electron chi connectivity index (χ4n) is 1.21. The molecule has 0 saturated heterocycles. The van der Waals surface area contributed by atoms with Crippen LogP contribution in [0.25, 0.3) is 0 Å². The molecule has 0 amide bonds. The topological polar surface area (TPSA) is 224 Å². The van der Waals surface area contributed by atoms with Gasteiger partial charge in [-0.2, -0.15) is 25.3 Å². The van der Waals surface area contributed by atoms with Gasteiger partial charge in [-0.15, -0.1) is 0 Å². The maximum Gasteiger partial charge on any atom is 0.269 e. The maximum atomic E-state index is 10.5. The van der Waals surface area contributed by atoms with E-state index in [1.54, 1.807) is 0 Å². The van der Waals surface area contributed by atoms with Gasteiger partial charge in [-0.1, -0.05) is 6.07 Å². The summed E-state index contributed by atoms with van der Waals surface area (Å²) in [6.07, 6.45) is 0. The third-order valence-corrected chi connectivity index (χ3v) is 5.45. The molecule has 140 valence electrons. The predicted octanol–water partition coefficient (Wildman–Crippen LogP) is -1.18. The van der Waals surface area contributed by atoms with Gasteiger partial charge >= 0.3 is 0 Å². The minimum atomic E-state index is -5.01. The molecule has 0 aromatic heterocycles. The van der Waals surface area contributed by atoms with Gasteiger partial charge in [-0.25, -0.2) is 0 Å². The molecule has 0 aliphatic heterocycles. The Balaban J connectivity index is 0.000000496. The molecule has 15 heteroatoms. The third kappa shape index (κ3) is 9.48. The lowest BCUT2D eigenvalue weighted by Crippen LogP contribution is -2.35. The fraction of sp³-hybridized carbons (Fsp3) is 0.333. The first-order valence-corrected chi connectivity index (χ1v) is 10.3. The van der Waals surface area contributed by atoms with E-state index >= 15 is 0 Å². The molecular formula is C9H14O12S3. The molecule has 6 N–H and O–H groups in total. The third-order valence-electron chi connectivity index (χ3n) is 2.21. The largest absolute Gasteiger partial charge is 0.504 e. The average Bonchev–Trinajstić information content (AvgIpc) is 2.31. The van der Waals surface area contributed by atoms with Crippen LogP contribution >= 0.6 is 0 Å². The lowest BCUT2D eigenvalue weighted by atomic mass is 10.3. The van der Waals surface area contributed by atoms with Crippen LogP contribution in [0.1, 0.15) is 0 Å². The predicted molar refractivity (Wildman–Crippen MR) is 79.6 cm³/mol. The monoisotopic (exact) mass is 410 g/mol. The zero-order valence-corrected chi connectivity index (χ0v) is 14.0. The highest BCUT2D eigenvalue weighted by Crippen LogP contribution is 2.32. The molecule has 0 aliphatic carbocycles. The highest BCUT2D eigenvalue weighted by molar-refractivity contribution is 7.92. The van der Waals surface area contributed by atoms with E-state index in [1.807, 2.05) is 0 Å². The number of hydrogen-bond donors (Lipinski definition) is 6. The summed E-state index contributed by atoms with van der Waals surface area (Å²) >= 11 is 0. The number of para-hydroxylation sites is 1. The fourth-order valence-corrected chi connectivity index (χ4v) is 4.94. The number of phenolic OH excluding ortho intramolecular Hbond substituents is 3. The van der Waals surface area contributed by atoms with Crippen molar-refractivity contribution in [2.24, 2.45) is 0 Å². The average molecular weight is 410 g/mol. The van der Waals surface area contributed by atoms with Gasteiger partial charge in [0.05, 0.1) is 11.5 Å². The highest BCUT2D eigenvalue weighted by Gasteiger charge is 2.32. The van der Waals surface area contributed by atoms with Crippen molar-refractivity contribution in [1.82, 2.24) is 0 Å². The lowest BCUT2D eigenvalue weighted by molar-refractivity contribution is 0.368. The quantitative estimate of drug-likeness (QED) is 0.249. The van der Waals surface area contributed by atoms with Crippen LogP contribution in [0.5, 0.6) is 17.2 Å².